The molecule has 0 saturated carbocycles. The van der Waals surface area contributed by atoms with Gasteiger partial charge in [-0.05, 0) is 42.5 Å². The van der Waals surface area contributed by atoms with Gasteiger partial charge in [0.1, 0.15) is 0 Å². The predicted molar refractivity (Wildman–Crippen MR) is 55.3 cm³/mol. The normalized spacial score (nSPS) is 9.92. The van der Waals surface area contributed by atoms with Crippen molar-refractivity contribution in [1.82, 2.24) is 0 Å². The van der Waals surface area contributed by atoms with Crippen LogP contribution in [0.3, 0.4) is 0 Å². The smallest absolute Gasteiger partial charge is 0.258 e. The van der Waals surface area contributed by atoms with E-state index in [4.69, 9.17) is 0 Å². The molecule has 0 fully saturated rings. The van der Waals surface area contributed by atoms with E-state index in [1.54, 1.807) is 19.9 Å². The van der Waals surface area contributed by atoms with Gasteiger partial charge in [0, 0.05) is 14.7 Å². The van der Waals surface area contributed by atoms with E-state index in [1.165, 1.54) is 0 Å². The maximum atomic E-state index is 10.6. The molecule has 0 aliphatic heterocycles. The van der Waals surface area contributed by atoms with Crippen molar-refractivity contribution in [2.45, 2.75) is 13.8 Å². The maximum Gasteiger partial charge on any atom is 0.276 e. The molecule has 0 unspecified atom stereocenters. The summed E-state index contributed by atoms with van der Waals surface area (Å²) in [6.45, 7) is 3.52. The molecule has 0 spiro atoms. The lowest BCUT2D eigenvalue weighted by molar-refractivity contribution is -0.386. The van der Waals surface area contributed by atoms with Crippen LogP contribution >= 0.6 is 22.6 Å². The molecule has 4 heteroatoms. The van der Waals surface area contributed by atoms with E-state index < -0.39 is 0 Å². The highest BCUT2D eigenvalue weighted by Gasteiger charge is 2.15. The van der Waals surface area contributed by atoms with Gasteiger partial charge in [0.15, 0.2) is 0 Å². The van der Waals surface area contributed by atoms with Gasteiger partial charge in [0.05, 0.1) is 4.92 Å². The molecule has 0 radical (unpaired) electrons. The molecule has 64 valence electrons. The van der Waals surface area contributed by atoms with E-state index in [-0.39, 0.29) is 10.6 Å². The van der Waals surface area contributed by atoms with Crippen LogP contribution in [0.25, 0.3) is 0 Å². The summed E-state index contributed by atoms with van der Waals surface area (Å²) in [5.74, 6) is 0. The minimum absolute atomic E-state index is 0.238. The topological polar surface area (TPSA) is 43.1 Å². The number of halogens is 1. The van der Waals surface area contributed by atoms with Crippen molar-refractivity contribution in [3.05, 3.63) is 36.9 Å². The number of benzene rings is 1. The van der Waals surface area contributed by atoms with Gasteiger partial charge in [-0.15, -0.1) is 0 Å². The van der Waals surface area contributed by atoms with Crippen molar-refractivity contribution < 1.29 is 4.92 Å². The van der Waals surface area contributed by atoms with Crippen LogP contribution in [0.15, 0.2) is 12.1 Å². The van der Waals surface area contributed by atoms with Crippen LogP contribution < -0.4 is 0 Å². The second-order valence-electron chi connectivity index (χ2n) is 2.60. The van der Waals surface area contributed by atoms with E-state index >= 15 is 0 Å². The Kier molecular flexibility index (Phi) is 2.66. The number of nitro benzene ring substituents is 1. The SMILES string of the molecule is Cc1ccc(I)c(C)c1[N+](=O)[O-]. The van der Waals surface area contributed by atoms with Crippen LogP contribution in [0.2, 0.25) is 0 Å². The van der Waals surface area contributed by atoms with Crippen LogP contribution in [-0.2, 0) is 0 Å². The van der Waals surface area contributed by atoms with Gasteiger partial charge in [0.2, 0.25) is 0 Å². The minimum Gasteiger partial charge on any atom is -0.258 e. The lowest BCUT2D eigenvalue weighted by Gasteiger charge is -2.01. The molecule has 1 aromatic rings. The Hall–Kier alpha value is -0.650. The number of rotatable bonds is 1. The van der Waals surface area contributed by atoms with Crippen LogP contribution in [0.1, 0.15) is 11.1 Å². The molecule has 0 aromatic heterocycles. The zero-order chi connectivity index (χ0) is 9.30. The lowest BCUT2D eigenvalue weighted by Crippen LogP contribution is -1.96. The van der Waals surface area contributed by atoms with E-state index in [2.05, 4.69) is 22.6 Å². The highest BCUT2D eigenvalue weighted by atomic mass is 127. The Labute approximate surface area is 84.1 Å². The number of nitro groups is 1. The van der Waals surface area contributed by atoms with Crippen molar-refractivity contribution in [3.63, 3.8) is 0 Å². The first-order chi connectivity index (χ1) is 5.54. The average Bonchev–Trinajstić information content (AvgIpc) is 1.97. The van der Waals surface area contributed by atoms with Crippen molar-refractivity contribution >= 4 is 28.3 Å². The van der Waals surface area contributed by atoms with Crippen molar-refractivity contribution in [2.75, 3.05) is 0 Å². The van der Waals surface area contributed by atoms with Gasteiger partial charge >= 0.3 is 0 Å². The van der Waals surface area contributed by atoms with Gasteiger partial charge in [-0.3, -0.25) is 10.1 Å². The van der Waals surface area contributed by atoms with Gasteiger partial charge in [-0.1, -0.05) is 6.07 Å². The zero-order valence-electron chi connectivity index (χ0n) is 6.80. The fourth-order valence-electron chi connectivity index (χ4n) is 1.09. The monoisotopic (exact) mass is 277 g/mol. The Morgan fingerprint density at radius 2 is 2.00 bits per heavy atom. The van der Waals surface area contributed by atoms with Gasteiger partial charge in [0.25, 0.3) is 5.69 Å². The number of hydrogen-bond acceptors (Lipinski definition) is 2. The van der Waals surface area contributed by atoms with Crippen molar-refractivity contribution in [1.29, 1.82) is 0 Å². The van der Waals surface area contributed by atoms with E-state index in [9.17, 15) is 10.1 Å². The summed E-state index contributed by atoms with van der Waals surface area (Å²) in [5.41, 5.74) is 1.71. The number of nitrogens with zero attached hydrogens (tertiary/aromatic N) is 1. The third kappa shape index (κ3) is 1.57. The van der Waals surface area contributed by atoms with Crippen LogP contribution in [-0.4, -0.2) is 4.92 Å². The molecule has 1 rings (SSSR count). The highest BCUT2D eigenvalue weighted by Crippen LogP contribution is 2.26. The van der Waals surface area contributed by atoms with Gasteiger partial charge in [-0.2, -0.15) is 0 Å². The minimum atomic E-state index is -0.327. The van der Waals surface area contributed by atoms with E-state index in [1.807, 2.05) is 6.07 Å². The first-order valence-corrected chi connectivity index (χ1v) is 4.52. The maximum absolute atomic E-state index is 10.6. The quantitative estimate of drug-likeness (QED) is 0.450. The molecule has 0 aliphatic carbocycles. The summed E-state index contributed by atoms with van der Waals surface area (Å²) in [6, 6.07) is 3.66. The largest absolute Gasteiger partial charge is 0.276 e. The fourth-order valence-corrected chi connectivity index (χ4v) is 1.53. The standard InChI is InChI=1S/C8H8INO2/c1-5-3-4-7(9)6(2)8(5)10(11)12/h3-4H,1-2H3. The molecule has 0 amide bonds. The molecule has 1 aromatic carbocycles. The zero-order valence-corrected chi connectivity index (χ0v) is 8.95. The summed E-state index contributed by atoms with van der Waals surface area (Å²) >= 11 is 2.10. The Bertz CT molecular complexity index is 336. The van der Waals surface area contributed by atoms with Crippen LogP contribution in [0.5, 0.6) is 0 Å². The third-order valence-corrected chi connectivity index (χ3v) is 2.92. The molecule has 0 aliphatic rings. The molecule has 3 nitrogen and oxygen atoms in total. The molecule has 0 saturated heterocycles. The first-order valence-electron chi connectivity index (χ1n) is 3.44. The molecular weight excluding hydrogens is 269 g/mol. The number of aryl methyl sites for hydroxylation is 1. The second-order valence-corrected chi connectivity index (χ2v) is 3.76. The third-order valence-electron chi connectivity index (χ3n) is 1.75. The summed E-state index contributed by atoms with van der Waals surface area (Å²) in [6.07, 6.45) is 0. The second kappa shape index (κ2) is 3.38. The molecule has 0 bridgehead atoms. The van der Waals surface area contributed by atoms with Crippen LogP contribution in [0, 0.1) is 27.5 Å². The average molecular weight is 277 g/mol. The Balaban J connectivity index is 3.43. The molecule has 0 heterocycles. The number of hydrogen-bond donors (Lipinski definition) is 0. The summed E-state index contributed by atoms with van der Waals surface area (Å²) < 4.78 is 0.935. The van der Waals surface area contributed by atoms with Gasteiger partial charge < -0.3 is 0 Å². The van der Waals surface area contributed by atoms with Crippen molar-refractivity contribution in [2.24, 2.45) is 0 Å². The predicted octanol–water partition coefficient (Wildman–Crippen LogP) is 2.82. The molecule has 12 heavy (non-hydrogen) atoms. The van der Waals surface area contributed by atoms with E-state index in [0.717, 1.165) is 14.7 Å². The summed E-state index contributed by atoms with van der Waals surface area (Å²) in [7, 11) is 0. The first kappa shape index (κ1) is 9.44. The van der Waals surface area contributed by atoms with Gasteiger partial charge in [-0.25, -0.2) is 0 Å². The van der Waals surface area contributed by atoms with Crippen molar-refractivity contribution in [3.8, 4) is 0 Å². The molecular formula is C8H8INO2. The van der Waals surface area contributed by atoms with Crippen LogP contribution in [0.4, 0.5) is 5.69 Å². The lowest BCUT2D eigenvalue weighted by atomic mass is 10.1. The Morgan fingerprint density at radius 1 is 1.42 bits per heavy atom. The summed E-state index contributed by atoms with van der Waals surface area (Å²) in [5, 5.41) is 10.6. The van der Waals surface area contributed by atoms with E-state index in [0.29, 0.717) is 0 Å². The molecule has 0 N–H and O–H groups in total. The Morgan fingerprint density at radius 3 is 2.42 bits per heavy atom. The summed E-state index contributed by atoms with van der Waals surface area (Å²) in [4.78, 5) is 10.3. The fraction of sp³-hybridized carbons (Fsp3) is 0.250. The molecule has 0 atom stereocenters. The highest BCUT2D eigenvalue weighted by molar-refractivity contribution is 14.1.